The Morgan fingerprint density at radius 3 is 2.67 bits per heavy atom. The second-order valence-electron chi connectivity index (χ2n) is 3.49. The first-order valence-electron chi connectivity index (χ1n) is 5.02. The summed E-state index contributed by atoms with van der Waals surface area (Å²) in [6, 6.07) is 0. The molecule has 0 aliphatic carbocycles. The van der Waals surface area contributed by atoms with E-state index in [0.717, 1.165) is 17.8 Å². The molecule has 5 heteroatoms. The summed E-state index contributed by atoms with van der Waals surface area (Å²) in [5.41, 5.74) is 1.60. The zero-order valence-electron chi connectivity index (χ0n) is 9.30. The van der Waals surface area contributed by atoms with Gasteiger partial charge in [0.1, 0.15) is 6.54 Å². The maximum atomic E-state index is 11.4. The number of nitrogens with one attached hydrogen (secondary N) is 1. The molecule has 0 spiro atoms. The lowest BCUT2D eigenvalue weighted by Gasteiger charge is -2.05. The number of halogens is 1. The number of nitrogens with zero attached hydrogens (tertiary/aromatic N) is 2. The van der Waals surface area contributed by atoms with Crippen molar-refractivity contribution >= 4 is 17.5 Å². The van der Waals surface area contributed by atoms with E-state index in [1.807, 2.05) is 20.8 Å². The molecule has 0 unspecified atom stereocenters. The van der Waals surface area contributed by atoms with Crippen LogP contribution in [0.3, 0.4) is 0 Å². The highest BCUT2D eigenvalue weighted by molar-refractivity contribution is 6.31. The Balaban J connectivity index is 2.64. The van der Waals surface area contributed by atoms with E-state index in [1.54, 1.807) is 4.68 Å². The van der Waals surface area contributed by atoms with Gasteiger partial charge in [-0.05, 0) is 20.3 Å². The van der Waals surface area contributed by atoms with Crippen LogP contribution in [-0.4, -0.2) is 22.2 Å². The average molecular weight is 230 g/mol. The quantitative estimate of drug-likeness (QED) is 0.854. The van der Waals surface area contributed by atoms with Crippen LogP contribution in [0.4, 0.5) is 0 Å². The van der Waals surface area contributed by atoms with Gasteiger partial charge in [0, 0.05) is 6.54 Å². The molecule has 15 heavy (non-hydrogen) atoms. The van der Waals surface area contributed by atoms with Crippen LogP contribution in [-0.2, 0) is 11.3 Å². The van der Waals surface area contributed by atoms with E-state index < -0.39 is 0 Å². The summed E-state index contributed by atoms with van der Waals surface area (Å²) in [7, 11) is 0. The van der Waals surface area contributed by atoms with Gasteiger partial charge in [0.15, 0.2) is 0 Å². The summed E-state index contributed by atoms with van der Waals surface area (Å²) < 4.78 is 1.63. The van der Waals surface area contributed by atoms with E-state index in [1.165, 1.54) is 0 Å². The summed E-state index contributed by atoms with van der Waals surface area (Å²) >= 11 is 5.97. The molecule has 0 fully saturated rings. The molecule has 0 saturated carbocycles. The number of hydrogen-bond acceptors (Lipinski definition) is 2. The van der Waals surface area contributed by atoms with Gasteiger partial charge in [-0.2, -0.15) is 5.10 Å². The molecule has 0 bridgehead atoms. The summed E-state index contributed by atoms with van der Waals surface area (Å²) in [6.45, 7) is 6.64. The Morgan fingerprint density at radius 2 is 2.20 bits per heavy atom. The molecule has 0 aliphatic heterocycles. The Hall–Kier alpha value is -1.03. The third kappa shape index (κ3) is 2.96. The summed E-state index contributed by atoms with van der Waals surface area (Å²) in [4.78, 5) is 11.4. The standard InChI is InChI=1S/C10H16ClN3O/c1-4-5-12-9(15)6-14-8(3)10(11)7(2)13-14/h4-6H2,1-3H3,(H,12,15). The highest BCUT2D eigenvalue weighted by Crippen LogP contribution is 2.18. The minimum absolute atomic E-state index is 0.0286. The molecule has 0 aliphatic rings. The molecule has 0 saturated heterocycles. The van der Waals surface area contributed by atoms with Crippen molar-refractivity contribution in [1.82, 2.24) is 15.1 Å². The maximum Gasteiger partial charge on any atom is 0.241 e. The van der Waals surface area contributed by atoms with Crippen molar-refractivity contribution in [1.29, 1.82) is 0 Å². The van der Waals surface area contributed by atoms with Crippen molar-refractivity contribution in [3.8, 4) is 0 Å². The first-order valence-corrected chi connectivity index (χ1v) is 5.40. The number of aryl methyl sites for hydroxylation is 1. The zero-order chi connectivity index (χ0) is 11.4. The van der Waals surface area contributed by atoms with E-state index in [2.05, 4.69) is 10.4 Å². The minimum Gasteiger partial charge on any atom is -0.355 e. The minimum atomic E-state index is -0.0286. The first-order chi connectivity index (χ1) is 7.06. The number of aromatic nitrogens is 2. The molecule has 0 radical (unpaired) electrons. The van der Waals surface area contributed by atoms with E-state index in [9.17, 15) is 4.79 Å². The third-order valence-corrected chi connectivity index (χ3v) is 2.71. The van der Waals surface area contributed by atoms with Gasteiger partial charge >= 0.3 is 0 Å². The normalized spacial score (nSPS) is 10.4. The van der Waals surface area contributed by atoms with Crippen molar-refractivity contribution in [3.63, 3.8) is 0 Å². The number of hydrogen-bond donors (Lipinski definition) is 1. The predicted molar refractivity (Wildman–Crippen MR) is 60.0 cm³/mol. The van der Waals surface area contributed by atoms with Gasteiger partial charge < -0.3 is 5.32 Å². The largest absolute Gasteiger partial charge is 0.355 e. The average Bonchev–Trinajstić information content (AvgIpc) is 2.43. The fourth-order valence-electron chi connectivity index (χ4n) is 1.29. The molecule has 4 nitrogen and oxygen atoms in total. The van der Waals surface area contributed by atoms with E-state index in [0.29, 0.717) is 11.6 Å². The number of carbonyl (C=O) groups excluding carboxylic acids is 1. The van der Waals surface area contributed by atoms with Crippen molar-refractivity contribution in [2.45, 2.75) is 33.7 Å². The van der Waals surface area contributed by atoms with Crippen LogP contribution in [0.5, 0.6) is 0 Å². The molecule has 0 atom stereocenters. The smallest absolute Gasteiger partial charge is 0.241 e. The number of carbonyl (C=O) groups is 1. The fourth-order valence-corrected chi connectivity index (χ4v) is 1.42. The van der Waals surface area contributed by atoms with Gasteiger partial charge in [-0.15, -0.1) is 0 Å². The van der Waals surface area contributed by atoms with E-state index >= 15 is 0 Å². The van der Waals surface area contributed by atoms with Crippen LogP contribution in [0, 0.1) is 13.8 Å². The summed E-state index contributed by atoms with van der Waals surface area (Å²) in [5, 5.41) is 7.61. The van der Waals surface area contributed by atoms with Crippen molar-refractivity contribution in [2.24, 2.45) is 0 Å². The Bertz CT molecular complexity index is 360. The number of rotatable bonds is 4. The molecular weight excluding hydrogens is 214 g/mol. The molecule has 1 heterocycles. The van der Waals surface area contributed by atoms with Crippen LogP contribution in [0.1, 0.15) is 24.7 Å². The monoisotopic (exact) mass is 229 g/mol. The van der Waals surface area contributed by atoms with Crippen LogP contribution in [0.2, 0.25) is 5.02 Å². The Kier molecular flexibility index (Phi) is 4.15. The van der Waals surface area contributed by atoms with Crippen molar-refractivity contribution < 1.29 is 4.79 Å². The van der Waals surface area contributed by atoms with Gasteiger partial charge in [0.25, 0.3) is 0 Å². The predicted octanol–water partition coefficient (Wildman–Crippen LogP) is 1.68. The molecule has 1 aromatic rings. The molecule has 1 aromatic heterocycles. The van der Waals surface area contributed by atoms with E-state index in [-0.39, 0.29) is 12.5 Å². The van der Waals surface area contributed by atoms with Crippen LogP contribution < -0.4 is 5.32 Å². The third-order valence-electron chi connectivity index (χ3n) is 2.16. The van der Waals surface area contributed by atoms with Gasteiger partial charge in [-0.3, -0.25) is 9.48 Å². The number of amides is 1. The fraction of sp³-hybridized carbons (Fsp3) is 0.600. The lowest BCUT2D eigenvalue weighted by atomic mass is 10.4. The van der Waals surface area contributed by atoms with Crippen molar-refractivity contribution in [2.75, 3.05) is 6.54 Å². The second kappa shape index (κ2) is 5.16. The lowest BCUT2D eigenvalue weighted by Crippen LogP contribution is -2.28. The summed E-state index contributed by atoms with van der Waals surface area (Å²) in [6.07, 6.45) is 0.934. The molecule has 1 rings (SSSR count). The van der Waals surface area contributed by atoms with Crippen LogP contribution >= 0.6 is 11.6 Å². The van der Waals surface area contributed by atoms with Gasteiger partial charge in [0.05, 0.1) is 16.4 Å². The first kappa shape index (κ1) is 12.0. The van der Waals surface area contributed by atoms with Gasteiger partial charge in [-0.1, -0.05) is 18.5 Å². The summed E-state index contributed by atoms with van der Waals surface area (Å²) in [5.74, 6) is -0.0286. The Morgan fingerprint density at radius 1 is 1.53 bits per heavy atom. The van der Waals surface area contributed by atoms with Gasteiger partial charge in [0.2, 0.25) is 5.91 Å². The lowest BCUT2D eigenvalue weighted by molar-refractivity contribution is -0.121. The SMILES string of the molecule is CCCNC(=O)Cn1nc(C)c(Cl)c1C. The van der Waals surface area contributed by atoms with Crippen molar-refractivity contribution in [3.05, 3.63) is 16.4 Å². The maximum absolute atomic E-state index is 11.4. The molecule has 1 N–H and O–H groups in total. The van der Waals surface area contributed by atoms with Crippen LogP contribution in [0.25, 0.3) is 0 Å². The topological polar surface area (TPSA) is 46.9 Å². The molecular formula is C10H16ClN3O. The highest BCUT2D eigenvalue weighted by atomic mass is 35.5. The second-order valence-corrected chi connectivity index (χ2v) is 3.87. The van der Waals surface area contributed by atoms with E-state index in [4.69, 9.17) is 11.6 Å². The highest BCUT2D eigenvalue weighted by Gasteiger charge is 2.11. The van der Waals surface area contributed by atoms with Gasteiger partial charge in [-0.25, -0.2) is 0 Å². The van der Waals surface area contributed by atoms with Crippen LogP contribution in [0.15, 0.2) is 0 Å². The molecule has 1 amide bonds. The Labute approximate surface area is 94.6 Å². The molecule has 0 aromatic carbocycles. The molecule has 84 valence electrons. The zero-order valence-corrected chi connectivity index (χ0v) is 10.1.